The van der Waals surface area contributed by atoms with Gasteiger partial charge in [-0.1, -0.05) is 46.1 Å². The number of halogens is 3. The Morgan fingerprint density at radius 3 is 2.94 bits per heavy atom. The fraction of sp³-hybridized carbons (Fsp3) is 0.333. The zero-order valence-electron chi connectivity index (χ0n) is 9.47. The van der Waals surface area contributed by atoms with Crippen LogP contribution in [0.15, 0.2) is 33.2 Å². The third-order valence-electron chi connectivity index (χ3n) is 2.07. The van der Waals surface area contributed by atoms with Gasteiger partial charge in [-0.3, -0.25) is 0 Å². The molecular weight excluding hydrogens is 325 g/mol. The van der Waals surface area contributed by atoms with Crippen molar-refractivity contribution in [2.24, 2.45) is 0 Å². The van der Waals surface area contributed by atoms with Crippen LogP contribution in [0.4, 0.5) is 0 Å². The van der Waals surface area contributed by atoms with Gasteiger partial charge in [0, 0.05) is 22.1 Å². The number of hydrogen-bond donors (Lipinski definition) is 1. The summed E-state index contributed by atoms with van der Waals surface area (Å²) in [6.07, 6.45) is 0. The lowest BCUT2D eigenvalue weighted by atomic mass is 10.2. The van der Waals surface area contributed by atoms with Crippen molar-refractivity contribution in [3.63, 3.8) is 0 Å². The van der Waals surface area contributed by atoms with Gasteiger partial charge in [-0.15, -0.1) is 0 Å². The lowest BCUT2D eigenvalue weighted by molar-refractivity contribution is 0.354. The van der Waals surface area contributed by atoms with E-state index in [-0.39, 0.29) is 6.61 Å². The van der Waals surface area contributed by atoms with Crippen molar-refractivity contribution in [3.05, 3.63) is 38.8 Å². The Labute approximate surface area is 120 Å². The number of rotatable bonds is 6. The van der Waals surface area contributed by atoms with Gasteiger partial charge in [0.15, 0.2) is 0 Å². The van der Waals surface area contributed by atoms with Gasteiger partial charge in [0.05, 0.1) is 5.03 Å². The van der Waals surface area contributed by atoms with Crippen molar-refractivity contribution in [1.82, 2.24) is 5.32 Å². The largest absolute Gasteiger partial charge is 0.488 e. The van der Waals surface area contributed by atoms with Crippen LogP contribution in [0.25, 0.3) is 0 Å². The first kappa shape index (κ1) is 14.8. The lowest BCUT2D eigenvalue weighted by Gasteiger charge is -2.11. The van der Waals surface area contributed by atoms with E-state index >= 15 is 0 Å². The van der Waals surface area contributed by atoms with Crippen LogP contribution in [0, 0.1) is 0 Å². The quantitative estimate of drug-likeness (QED) is 0.836. The van der Waals surface area contributed by atoms with Crippen molar-refractivity contribution in [3.8, 4) is 5.75 Å². The molecule has 0 aromatic heterocycles. The van der Waals surface area contributed by atoms with Crippen LogP contribution in [0.5, 0.6) is 5.75 Å². The summed E-state index contributed by atoms with van der Waals surface area (Å²) in [6, 6.07) is 5.87. The minimum atomic E-state index is 0.284. The normalized spacial score (nSPS) is 11.6. The van der Waals surface area contributed by atoms with Crippen molar-refractivity contribution < 1.29 is 4.74 Å². The van der Waals surface area contributed by atoms with Crippen LogP contribution in [-0.4, -0.2) is 13.2 Å². The molecule has 0 aliphatic heterocycles. The van der Waals surface area contributed by atoms with Crippen LogP contribution in [0.2, 0.25) is 0 Å². The molecule has 0 saturated carbocycles. The van der Waals surface area contributed by atoms with Crippen molar-refractivity contribution in [1.29, 1.82) is 0 Å². The highest BCUT2D eigenvalue weighted by molar-refractivity contribution is 9.10. The predicted molar refractivity (Wildman–Crippen MR) is 76.8 cm³/mol. The van der Waals surface area contributed by atoms with Gasteiger partial charge >= 0.3 is 0 Å². The van der Waals surface area contributed by atoms with Gasteiger partial charge in [-0.25, -0.2) is 0 Å². The molecule has 1 N–H and O–H groups in total. The zero-order valence-corrected chi connectivity index (χ0v) is 12.6. The van der Waals surface area contributed by atoms with Crippen LogP contribution < -0.4 is 10.1 Å². The third kappa shape index (κ3) is 5.30. The highest BCUT2D eigenvalue weighted by atomic mass is 79.9. The van der Waals surface area contributed by atoms with Crippen LogP contribution in [-0.2, 0) is 6.54 Å². The first-order chi connectivity index (χ1) is 8.17. The van der Waals surface area contributed by atoms with Crippen LogP contribution in [0.1, 0.15) is 12.5 Å². The number of hydrogen-bond acceptors (Lipinski definition) is 2. The molecule has 2 nitrogen and oxygen atoms in total. The molecule has 94 valence electrons. The van der Waals surface area contributed by atoms with E-state index in [0.717, 1.165) is 28.9 Å². The van der Waals surface area contributed by atoms with Gasteiger partial charge in [-0.2, -0.15) is 0 Å². The van der Waals surface area contributed by atoms with E-state index in [2.05, 4.69) is 28.2 Å². The van der Waals surface area contributed by atoms with Crippen molar-refractivity contribution in [2.75, 3.05) is 13.2 Å². The molecule has 0 amide bonds. The monoisotopic (exact) mass is 337 g/mol. The summed E-state index contributed by atoms with van der Waals surface area (Å²) in [5, 5.41) is 3.74. The van der Waals surface area contributed by atoms with Gasteiger partial charge in [0.25, 0.3) is 0 Å². The maximum atomic E-state index is 5.78. The van der Waals surface area contributed by atoms with E-state index < -0.39 is 0 Å². The van der Waals surface area contributed by atoms with Crippen LogP contribution in [0.3, 0.4) is 0 Å². The Hall–Kier alpha value is -0.220. The number of benzene rings is 1. The molecule has 0 fully saturated rings. The molecule has 1 aromatic carbocycles. The van der Waals surface area contributed by atoms with Crippen molar-refractivity contribution >= 4 is 39.1 Å². The minimum absolute atomic E-state index is 0.284. The first-order valence-corrected chi connectivity index (χ1v) is 6.84. The maximum Gasteiger partial charge on any atom is 0.125 e. The number of ether oxygens (including phenoxy) is 1. The Morgan fingerprint density at radius 1 is 1.53 bits per heavy atom. The minimum Gasteiger partial charge on any atom is -0.488 e. The predicted octanol–water partition coefficient (Wildman–Crippen LogP) is 4.26. The Bertz CT molecular complexity index is 396. The summed E-state index contributed by atoms with van der Waals surface area (Å²) < 4.78 is 6.62. The number of nitrogens with one attached hydrogen (secondary N) is 1. The summed E-state index contributed by atoms with van der Waals surface area (Å²) in [5.41, 5.74) is 2.39. The molecule has 0 aliphatic rings. The zero-order chi connectivity index (χ0) is 12.7. The van der Waals surface area contributed by atoms with Gasteiger partial charge in [0.1, 0.15) is 12.4 Å². The molecule has 17 heavy (non-hydrogen) atoms. The van der Waals surface area contributed by atoms with Crippen LogP contribution >= 0.6 is 39.1 Å². The van der Waals surface area contributed by atoms with E-state index in [1.807, 2.05) is 18.2 Å². The van der Waals surface area contributed by atoms with E-state index in [0.29, 0.717) is 5.03 Å². The highest BCUT2D eigenvalue weighted by Gasteiger charge is 2.05. The summed E-state index contributed by atoms with van der Waals surface area (Å²) >= 11 is 14.7. The Balaban J connectivity index is 2.75. The summed E-state index contributed by atoms with van der Waals surface area (Å²) in [4.78, 5) is 0. The molecule has 0 unspecified atom stereocenters. The second kappa shape index (κ2) is 7.98. The fourth-order valence-corrected chi connectivity index (χ4v) is 1.79. The standard InChI is InChI=1S/C12H14BrCl2NO/c1-2-16-7-9-5-10(13)3-4-12(9)17-8-11(15)6-14/h3-6,16H,2,7-8H2,1H3. The molecule has 0 saturated heterocycles. The highest BCUT2D eigenvalue weighted by Crippen LogP contribution is 2.24. The molecule has 0 bridgehead atoms. The molecular formula is C12H14BrCl2NO. The maximum absolute atomic E-state index is 5.78. The van der Waals surface area contributed by atoms with Gasteiger partial charge in [0.2, 0.25) is 0 Å². The van der Waals surface area contributed by atoms with E-state index in [1.165, 1.54) is 5.54 Å². The van der Waals surface area contributed by atoms with E-state index in [4.69, 9.17) is 27.9 Å². The summed E-state index contributed by atoms with van der Waals surface area (Å²) in [6.45, 7) is 4.01. The second-order valence-corrected chi connectivity index (χ2v) is 5.00. The molecule has 5 heteroatoms. The summed E-state index contributed by atoms with van der Waals surface area (Å²) in [7, 11) is 0. The Morgan fingerprint density at radius 2 is 2.29 bits per heavy atom. The van der Waals surface area contributed by atoms with E-state index in [9.17, 15) is 0 Å². The average Bonchev–Trinajstić information content (AvgIpc) is 2.34. The molecule has 0 aliphatic carbocycles. The molecule has 0 spiro atoms. The molecule has 1 aromatic rings. The SMILES string of the molecule is CCNCc1cc(Br)ccc1OCC(Cl)=CCl. The fourth-order valence-electron chi connectivity index (χ4n) is 1.26. The molecule has 0 radical (unpaired) electrons. The van der Waals surface area contributed by atoms with Gasteiger partial charge < -0.3 is 10.1 Å². The topological polar surface area (TPSA) is 21.3 Å². The van der Waals surface area contributed by atoms with Gasteiger partial charge in [-0.05, 0) is 24.7 Å². The second-order valence-electron chi connectivity index (χ2n) is 3.38. The molecule has 0 heterocycles. The Kier molecular flexibility index (Phi) is 6.97. The van der Waals surface area contributed by atoms with Crippen molar-refractivity contribution in [2.45, 2.75) is 13.5 Å². The third-order valence-corrected chi connectivity index (χ3v) is 3.16. The molecule has 0 atom stereocenters. The summed E-state index contributed by atoms with van der Waals surface area (Å²) in [5.74, 6) is 0.811. The first-order valence-electron chi connectivity index (χ1n) is 5.24. The smallest absolute Gasteiger partial charge is 0.125 e. The van der Waals surface area contributed by atoms with E-state index in [1.54, 1.807) is 0 Å². The lowest BCUT2D eigenvalue weighted by Crippen LogP contribution is -2.13. The average molecular weight is 339 g/mol. The molecule has 1 rings (SSSR count).